The SMILES string of the molecule is CC(CNC(=O)c1ccc(-c2noc(C(F)(F)F)n2)cc1)=NOCC(F)(F)F. The number of carbonyl (C=O) groups is 1. The Morgan fingerprint density at radius 2 is 1.82 bits per heavy atom. The van der Waals surface area contributed by atoms with E-state index in [1.807, 2.05) is 0 Å². The highest BCUT2D eigenvalue weighted by atomic mass is 19.4. The summed E-state index contributed by atoms with van der Waals surface area (Å²) < 4.78 is 77.2. The number of hydrogen-bond acceptors (Lipinski definition) is 6. The van der Waals surface area contributed by atoms with E-state index in [2.05, 4.69) is 30.0 Å². The van der Waals surface area contributed by atoms with Crippen LogP contribution in [0, 0.1) is 0 Å². The summed E-state index contributed by atoms with van der Waals surface area (Å²) in [5.41, 5.74) is 0.432. The first-order valence-corrected chi connectivity index (χ1v) is 7.47. The molecule has 0 aliphatic carbocycles. The molecule has 0 bridgehead atoms. The van der Waals surface area contributed by atoms with Crippen LogP contribution in [0.5, 0.6) is 0 Å². The summed E-state index contributed by atoms with van der Waals surface area (Å²) in [5, 5.41) is 8.83. The standard InChI is InChI=1S/C15H12F6N4O3/c1-8(24-27-7-14(16,17)18)6-22-12(26)10-4-2-9(3-5-10)11-23-13(28-25-11)15(19,20)21/h2-5H,6-7H2,1H3,(H,22,26). The van der Waals surface area contributed by atoms with Crippen LogP contribution >= 0.6 is 0 Å². The molecule has 1 aromatic heterocycles. The summed E-state index contributed by atoms with van der Waals surface area (Å²) in [6, 6.07) is 5.24. The summed E-state index contributed by atoms with van der Waals surface area (Å²) in [7, 11) is 0. The topological polar surface area (TPSA) is 89.6 Å². The summed E-state index contributed by atoms with van der Waals surface area (Å²) in [6.45, 7) is -0.363. The number of rotatable bonds is 6. The van der Waals surface area contributed by atoms with E-state index in [1.165, 1.54) is 31.2 Å². The van der Waals surface area contributed by atoms with Gasteiger partial charge in [0.2, 0.25) is 12.4 Å². The fraction of sp³-hybridized carbons (Fsp3) is 0.333. The average molecular weight is 410 g/mol. The molecule has 0 saturated heterocycles. The summed E-state index contributed by atoms with van der Waals surface area (Å²) in [6.07, 6.45) is -9.29. The lowest BCUT2D eigenvalue weighted by Gasteiger charge is -2.07. The number of halogens is 6. The Bertz CT molecular complexity index is 843. The van der Waals surface area contributed by atoms with Crippen molar-refractivity contribution in [3.05, 3.63) is 35.7 Å². The van der Waals surface area contributed by atoms with Crippen molar-refractivity contribution in [3.63, 3.8) is 0 Å². The number of oxime groups is 1. The van der Waals surface area contributed by atoms with Crippen LogP contribution in [0.25, 0.3) is 11.4 Å². The van der Waals surface area contributed by atoms with Gasteiger partial charge in [0.15, 0.2) is 0 Å². The molecule has 13 heteroatoms. The number of carbonyl (C=O) groups excluding carboxylic acids is 1. The predicted octanol–water partition coefficient (Wildman–Crippen LogP) is 3.44. The first-order valence-electron chi connectivity index (χ1n) is 7.47. The van der Waals surface area contributed by atoms with Crippen molar-refractivity contribution in [1.82, 2.24) is 15.5 Å². The Morgan fingerprint density at radius 1 is 1.18 bits per heavy atom. The quantitative estimate of drug-likeness (QED) is 0.448. The van der Waals surface area contributed by atoms with Gasteiger partial charge in [0.25, 0.3) is 5.91 Å². The molecule has 28 heavy (non-hydrogen) atoms. The van der Waals surface area contributed by atoms with E-state index < -0.39 is 30.8 Å². The molecular formula is C15H12F6N4O3. The largest absolute Gasteiger partial charge is 0.471 e. The fourth-order valence-corrected chi connectivity index (χ4v) is 1.78. The number of aromatic nitrogens is 2. The van der Waals surface area contributed by atoms with Gasteiger partial charge in [0.1, 0.15) is 0 Å². The Labute approximate surface area is 153 Å². The second-order valence-electron chi connectivity index (χ2n) is 5.40. The lowest BCUT2D eigenvalue weighted by molar-refractivity contribution is -0.173. The lowest BCUT2D eigenvalue weighted by Crippen LogP contribution is -2.28. The Hall–Kier alpha value is -3.12. The van der Waals surface area contributed by atoms with Crippen molar-refractivity contribution in [2.75, 3.05) is 13.2 Å². The second kappa shape index (κ2) is 8.27. The van der Waals surface area contributed by atoms with Gasteiger partial charge in [-0.15, -0.1) is 0 Å². The molecule has 0 atom stereocenters. The normalized spacial score (nSPS) is 12.8. The Balaban J connectivity index is 1.93. The molecule has 2 aromatic rings. The van der Waals surface area contributed by atoms with Crippen molar-refractivity contribution in [2.45, 2.75) is 19.3 Å². The number of nitrogens with zero attached hydrogens (tertiary/aromatic N) is 3. The number of alkyl halides is 6. The zero-order chi connectivity index (χ0) is 20.9. The minimum atomic E-state index is -4.77. The van der Waals surface area contributed by atoms with E-state index >= 15 is 0 Å². The van der Waals surface area contributed by atoms with Crippen LogP contribution in [0.15, 0.2) is 33.9 Å². The molecule has 0 unspecified atom stereocenters. The average Bonchev–Trinajstić information content (AvgIpc) is 3.09. The van der Waals surface area contributed by atoms with E-state index in [9.17, 15) is 31.1 Å². The van der Waals surface area contributed by atoms with Gasteiger partial charge in [-0.25, -0.2) is 0 Å². The predicted molar refractivity (Wildman–Crippen MR) is 82.2 cm³/mol. The van der Waals surface area contributed by atoms with Gasteiger partial charge in [-0.05, 0) is 19.1 Å². The molecular weight excluding hydrogens is 398 g/mol. The molecule has 1 N–H and O–H groups in total. The number of nitrogens with one attached hydrogen (secondary N) is 1. The van der Waals surface area contributed by atoms with Crippen LogP contribution < -0.4 is 5.32 Å². The molecule has 1 heterocycles. The van der Waals surface area contributed by atoms with Crippen LogP contribution in [0.2, 0.25) is 0 Å². The highest BCUT2D eigenvalue weighted by molar-refractivity contribution is 5.97. The number of amides is 1. The van der Waals surface area contributed by atoms with Gasteiger partial charge in [-0.2, -0.15) is 31.3 Å². The lowest BCUT2D eigenvalue weighted by atomic mass is 10.1. The molecule has 0 aliphatic rings. The van der Waals surface area contributed by atoms with Gasteiger partial charge in [-0.1, -0.05) is 22.4 Å². The number of benzene rings is 1. The highest BCUT2D eigenvalue weighted by Crippen LogP contribution is 2.29. The monoisotopic (exact) mass is 410 g/mol. The molecule has 152 valence electrons. The minimum Gasteiger partial charge on any atom is -0.386 e. The van der Waals surface area contributed by atoms with Crippen molar-refractivity contribution in [1.29, 1.82) is 0 Å². The Kier molecular flexibility index (Phi) is 6.26. The van der Waals surface area contributed by atoms with Gasteiger partial charge >= 0.3 is 18.2 Å². The molecule has 0 spiro atoms. The molecule has 0 saturated carbocycles. The summed E-state index contributed by atoms with van der Waals surface area (Å²) in [5.74, 6) is -2.38. The molecule has 0 fully saturated rings. The van der Waals surface area contributed by atoms with E-state index in [1.54, 1.807) is 0 Å². The van der Waals surface area contributed by atoms with Gasteiger partial charge in [0.05, 0.1) is 12.3 Å². The molecule has 0 aliphatic heterocycles. The first-order chi connectivity index (χ1) is 13.0. The van der Waals surface area contributed by atoms with Crippen molar-refractivity contribution < 1.29 is 40.5 Å². The molecule has 1 aromatic carbocycles. The third kappa shape index (κ3) is 6.25. The van der Waals surface area contributed by atoms with E-state index in [-0.39, 0.29) is 29.2 Å². The smallest absolute Gasteiger partial charge is 0.386 e. The van der Waals surface area contributed by atoms with Crippen molar-refractivity contribution in [2.24, 2.45) is 5.16 Å². The molecule has 7 nitrogen and oxygen atoms in total. The number of hydrogen-bond donors (Lipinski definition) is 1. The highest BCUT2D eigenvalue weighted by Gasteiger charge is 2.38. The molecule has 2 rings (SSSR count). The van der Waals surface area contributed by atoms with E-state index in [4.69, 9.17) is 0 Å². The second-order valence-corrected chi connectivity index (χ2v) is 5.40. The minimum absolute atomic E-state index is 0.0979. The van der Waals surface area contributed by atoms with Crippen LogP contribution in [0.4, 0.5) is 26.3 Å². The maximum absolute atomic E-state index is 12.4. The fourth-order valence-electron chi connectivity index (χ4n) is 1.78. The van der Waals surface area contributed by atoms with Gasteiger partial charge in [0, 0.05) is 11.1 Å². The third-order valence-corrected chi connectivity index (χ3v) is 3.03. The van der Waals surface area contributed by atoms with Crippen LogP contribution in [-0.4, -0.2) is 41.1 Å². The van der Waals surface area contributed by atoms with Gasteiger partial charge in [-0.3, -0.25) is 4.79 Å². The zero-order valence-electron chi connectivity index (χ0n) is 14.1. The van der Waals surface area contributed by atoms with Crippen molar-refractivity contribution >= 4 is 11.6 Å². The summed E-state index contributed by atoms with van der Waals surface area (Å²) >= 11 is 0. The maximum Gasteiger partial charge on any atom is 0.471 e. The maximum atomic E-state index is 12.4. The zero-order valence-corrected chi connectivity index (χ0v) is 14.1. The third-order valence-electron chi connectivity index (χ3n) is 3.03. The van der Waals surface area contributed by atoms with E-state index in [0.717, 1.165) is 0 Å². The van der Waals surface area contributed by atoms with Crippen LogP contribution in [-0.2, 0) is 11.0 Å². The summed E-state index contributed by atoms with van der Waals surface area (Å²) in [4.78, 5) is 19.3. The van der Waals surface area contributed by atoms with Crippen molar-refractivity contribution in [3.8, 4) is 11.4 Å². The van der Waals surface area contributed by atoms with Gasteiger partial charge < -0.3 is 14.7 Å². The first kappa shape index (κ1) is 21.2. The molecule has 1 amide bonds. The van der Waals surface area contributed by atoms with E-state index in [0.29, 0.717) is 0 Å². The molecule has 0 radical (unpaired) electrons. The van der Waals surface area contributed by atoms with Crippen LogP contribution in [0.3, 0.4) is 0 Å². The van der Waals surface area contributed by atoms with Crippen LogP contribution in [0.1, 0.15) is 23.2 Å². The Morgan fingerprint density at radius 3 is 2.36 bits per heavy atom.